The van der Waals surface area contributed by atoms with Crippen molar-refractivity contribution in [2.75, 3.05) is 53.5 Å². The molecule has 0 amide bonds. The van der Waals surface area contributed by atoms with E-state index in [-0.39, 0.29) is 0 Å². The molecule has 0 aliphatic rings. The third kappa shape index (κ3) is 24.0. The first-order valence-electron chi connectivity index (χ1n) is 13.2. The van der Waals surface area contributed by atoms with Gasteiger partial charge in [0, 0.05) is 13.2 Å². The molecule has 0 spiro atoms. The van der Waals surface area contributed by atoms with Gasteiger partial charge in [-0.25, -0.2) is 0 Å². The van der Waals surface area contributed by atoms with E-state index < -0.39 is 0 Å². The van der Waals surface area contributed by atoms with Gasteiger partial charge in [0.25, 0.3) is 0 Å². The summed E-state index contributed by atoms with van der Waals surface area (Å²) in [6, 6.07) is 0. The van der Waals surface area contributed by atoms with Gasteiger partial charge in [0.1, 0.15) is 0 Å². The molecule has 3 heteroatoms. The van der Waals surface area contributed by atoms with Crippen LogP contribution in [0.25, 0.3) is 0 Å². The molecule has 0 aliphatic heterocycles. The van der Waals surface area contributed by atoms with Gasteiger partial charge >= 0.3 is 0 Å². The van der Waals surface area contributed by atoms with Crippen LogP contribution in [0.3, 0.4) is 0 Å². The van der Waals surface area contributed by atoms with E-state index in [1.165, 1.54) is 129 Å². The number of nitrogens with zero attached hydrogens (tertiary/aromatic N) is 2. The molecule has 0 bridgehead atoms. The SMILES string of the molecule is CCCCCCCCN(C)CCCCOCCCCN(C)CCCCCCCC. The van der Waals surface area contributed by atoms with Gasteiger partial charge in [0.2, 0.25) is 0 Å². The Morgan fingerprint density at radius 3 is 1.10 bits per heavy atom. The van der Waals surface area contributed by atoms with Crippen LogP contribution < -0.4 is 0 Å². The van der Waals surface area contributed by atoms with E-state index >= 15 is 0 Å². The molecule has 176 valence electrons. The maximum absolute atomic E-state index is 5.83. The second kappa shape index (κ2) is 24.2. The van der Waals surface area contributed by atoms with E-state index in [9.17, 15) is 0 Å². The van der Waals surface area contributed by atoms with Crippen LogP contribution in [0.5, 0.6) is 0 Å². The van der Waals surface area contributed by atoms with Crippen molar-refractivity contribution in [1.29, 1.82) is 0 Å². The topological polar surface area (TPSA) is 15.7 Å². The summed E-state index contributed by atoms with van der Waals surface area (Å²) in [6.45, 7) is 11.4. The zero-order valence-corrected chi connectivity index (χ0v) is 20.9. The van der Waals surface area contributed by atoms with Crippen LogP contribution >= 0.6 is 0 Å². The van der Waals surface area contributed by atoms with E-state index in [0.29, 0.717) is 0 Å². The first-order chi connectivity index (χ1) is 14.2. The van der Waals surface area contributed by atoms with Gasteiger partial charge in [-0.15, -0.1) is 0 Å². The highest BCUT2D eigenvalue weighted by Gasteiger charge is 2.00. The van der Waals surface area contributed by atoms with Gasteiger partial charge in [-0.1, -0.05) is 78.1 Å². The van der Waals surface area contributed by atoms with E-state index in [2.05, 4.69) is 37.7 Å². The lowest BCUT2D eigenvalue weighted by Crippen LogP contribution is -2.21. The summed E-state index contributed by atoms with van der Waals surface area (Å²) in [4.78, 5) is 5.00. The van der Waals surface area contributed by atoms with Crippen LogP contribution in [0.2, 0.25) is 0 Å². The van der Waals surface area contributed by atoms with Crippen LogP contribution in [0, 0.1) is 0 Å². The highest BCUT2D eigenvalue weighted by atomic mass is 16.5. The summed E-state index contributed by atoms with van der Waals surface area (Å²) in [5, 5.41) is 0. The molecule has 0 heterocycles. The normalized spacial score (nSPS) is 11.8. The lowest BCUT2D eigenvalue weighted by molar-refractivity contribution is 0.122. The molecule has 0 aromatic heterocycles. The fraction of sp³-hybridized carbons (Fsp3) is 1.00. The van der Waals surface area contributed by atoms with E-state index in [4.69, 9.17) is 4.74 Å². The van der Waals surface area contributed by atoms with Gasteiger partial charge in [0.15, 0.2) is 0 Å². The average Bonchev–Trinajstić information content (AvgIpc) is 2.71. The lowest BCUT2D eigenvalue weighted by Gasteiger charge is -2.17. The quantitative estimate of drug-likeness (QED) is 0.157. The Morgan fingerprint density at radius 1 is 0.414 bits per heavy atom. The van der Waals surface area contributed by atoms with Crippen molar-refractivity contribution in [3.8, 4) is 0 Å². The summed E-state index contributed by atoms with van der Waals surface area (Å²) in [5.74, 6) is 0. The Kier molecular flexibility index (Phi) is 24.1. The molecule has 0 atom stereocenters. The van der Waals surface area contributed by atoms with Gasteiger partial charge in [-0.05, 0) is 78.8 Å². The predicted octanol–water partition coefficient (Wildman–Crippen LogP) is 7.15. The zero-order chi connectivity index (χ0) is 21.4. The van der Waals surface area contributed by atoms with Crippen LogP contribution in [-0.2, 0) is 4.74 Å². The summed E-state index contributed by atoms with van der Waals surface area (Å²) in [6.07, 6.45) is 21.7. The van der Waals surface area contributed by atoms with Gasteiger partial charge in [0.05, 0.1) is 0 Å². The van der Waals surface area contributed by atoms with E-state index in [0.717, 1.165) is 13.2 Å². The smallest absolute Gasteiger partial charge is 0.0466 e. The zero-order valence-electron chi connectivity index (χ0n) is 20.9. The average molecular weight is 413 g/mol. The van der Waals surface area contributed by atoms with E-state index in [1.807, 2.05) is 0 Å². The first kappa shape index (κ1) is 28.9. The Bertz CT molecular complexity index is 270. The Morgan fingerprint density at radius 2 is 0.724 bits per heavy atom. The summed E-state index contributed by atoms with van der Waals surface area (Å²) >= 11 is 0. The molecule has 0 aromatic rings. The van der Waals surface area contributed by atoms with Crippen LogP contribution in [0.4, 0.5) is 0 Å². The second-order valence-electron chi connectivity index (χ2n) is 9.17. The third-order valence-corrected chi connectivity index (χ3v) is 5.94. The highest BCUT2D eigenvalue weighted by Crippen LogP contribution is 2.07. The van der Waals surface area contributed by atoms with Crippen molar-refractivity contribution in [1.82, 2.24) is 9.80 Å². The molecule has 0 radical (unpaired) electrons. The Labute approximate surface area is 184 Å². The molecule has 0 N–H and O–H groups in total. The largest absolute Gasteiger partial charge is 0.381 e. The molecular weight excluding hydrogens is 356 g/mol. The molecule has 0 rings (SSSR count). The Hall–Kier alpha value is -0.120. The molecule has 0 fully saturated rings. The molecule has 0 aromatic carbocycles. The van der Waals surface area contributed by atoms with Crippen LogP contribution in [0.15, 0.2) is 0 Å². The van der Waals surface area contributed by atoms with Crippen molar-refractivity contribution < 1.29 is 4.74 Å². The second-order valence-corrected chi connectivity index (χ2v) is 9.17. The molecule has 0 saturated carbocycles. The number of unbranched alkanes of at least 4 members (excludes halogenated alkanes) is 12. The van der Waals surface area contributed by atoms with Gasteiger partial charge < -0.3 is 14.5 Å². The molecular formula is C26H56N2O. The fourth-order valence-corrected chi connectivity index (χ4v) is 3.82. The first-order valence-corrected chi connectivity index (χ1v) is 13.2. The van der Waals surface area contributed by atoms with Crippen molar-refractivity contribution in [3.63, 3.8) is 0 Å². The lowest BCUT2D eigenvalue weighted by atomic mass is 10.1. The summed E-state index contributed by atoms with van der Waals surface area (Å²) in [5.41, 5.74) is 0. The molecule has 0 unspecified atom stereocenters. The van der Waals surface area contributed by atoms with Crippen molar-refractivity contribution in [2.45, 2.75) is 117 Å². The Balaban J connectivity index is 3.22. The summed E-state index contributed by atoms with van der Waals surface area (Å²) in [7, 11) is 4.54. The molecule has 3 nitrogen and oxygen atoms in total. The van der Waals surface area contributed by atoms with Gasteiger partial charge in [-0.2, -0.15) is 0 Å². The molecule has 0 saturated heterocycles. The third-order valence-electron chi connectivity index (χ3n) is 5.94. The van der Waals surface area contributed by atoms with Crippen molar-refractivity contribution >= 4 is 0 Å². The predicted molar refractivity (Wildman–Crippen MR) is 131 cm³/mol. The van der Waals surface area contributed by atoms with Crippen molar-refractivity contribution in [2.24, 2.45) is 0 Å². The minimum Gasteiger partial charge on any atom is -0.381 e. The highest BCUT2D eigenvalue weighted by molar-refractivity contribution is 4.55. The minimum atomic E-state index is 0.943. The van der Waals surface area contributed by atoms with Crippen LogP contribution in [0.1, 0.15) is 117 Å². The summed E-state index contributed by atoms with van der Waals surface area (Å²) < 4.78 is 5.83. The maximum atomic E-state index is 5.83. The monoisotopic (exact) mass is 412 g/mol. The molecule has 29 heavy (non-hydrogen) atoms. The number of rotatable bonds is 24. The van der Waals surface area contributed by atoms with Crippen LogP contribution in [-0.4, -0.2) is 63.3 Å². The van der Waals surface area contributed by atoms with Crippen molar-refractivity contribution in [3.05, 3.63) is 0 Å². The standard InChI is InChI=1S/C26H56N2O/c1-5-7-9-11-13-15-21-27(3)23-17-19-25-29-26-20-18-24-28(4)22-16-14-12-10-8-6-2/h5-26H2,1-4H3. The molecule has 0 aliphatic carbocycles. The minimum absolute atomic E-state index is 0.943. The maximum Gasteiger partial charge on any atom is 0.0466 e. The number of hydrogen-bond acceptors (Lipinski definition) is 3. The fourth-order valence-electron chi connectivity index (χ4n) is 3.82. The number of hydrogen-bond donors (Lipinski definition) is 0. The number of ether oxygens (including phenoxy) is 1. The van der Waals surface area contributed by atoms with Gasteiger partial charge in [-0.3, -0.25) is 0 Å². The van der Waals surface area contributed by atoms with E-state index in [1.54, 1.807) is 0 Å².